The van der Waals surface area contributed by atoms with Crippen molar-refractivity contribution >= 4 is 5.82 Å². The van der Waals surface area contributed by atoms with Crippen LogP contribution in [0.15, 0.2) is 35.4 Å². The highest BCUT2D eigenvalue weighted by atomic mass is 16.5. The highest BCUT2D eigenvalue weighted by molar-refractivity contribution is 5.41. The maximum atomic E-state index is 11.8. The van der Waals surface area contributed by atoms with Crippen molar-refractivity contribution in [2.24, 2.45) is 7.05 Å². The van der Waals surface area contributed by atoms with Crippen molar-refractivity contribution in [1.82, 2.24) is 14.5 Å². The molecular formula is C18H24N4O3. The summed E-state index contributed by atoms with van der Waals surface area (Å²) in [6, 6.07) is 7.46. The molecule has 0 saturated carbocycles. The summed E-state index contributed by atoms with van der Waals surface area (Å²) in [7, 11) is 5.06. The highest BCUT2D eigenvalue weighted by Gasteiger charge is 2.20. The average molecular weight is 344 g/mol. The Morgan fingerprint density at radius 1 is 1.08 bits per heavy atom. The zero-order chi connectivity index (χ0) is 17.8. The van der Waals surface area contributed by atoms with Gasteiger partial charge in [-0.25, -0.2) is 4.98 Å². The van der Waals surface area contributed by atoms with Crippen molar-refractivity contribution in [1.29, 1.82) is 0 Å². The van der Waals surface area contributed by atoms with Crippen LogP contribution in [0.1, 0.15) is 5.56 Å². The Balaban J connectivity index is 1.64. The molecule has 1 aromatic heterocycles. The van der Waals surface area contributed by atoms with Gasteiger partial charge in [0.05, 0.1) is 20.5 Å². The molecule has 0 bridgehead atoms. The van der Waals surface area contributed by atoms with Crippen LogP contribution in [0.3, 0.4) is 0 Å². The summed E-state index contributed by atoms with van der Waals surface area (Å²) in [5.74, 6) is 2.46. The van der Waals surface area contributed by atoms with Gasteiger partial charge in [-0.15, -0.1) is 0 Å². The molecule has 3 rings (SSSR count). The molecule has 0 atom stereocenters. The number of hydrogen-bond acceptors (Lipinski definition) is 6. The van der Waals surface area contributed by atoms with Gasteiger partial charge in [0.15, 0.2) is 0 Å². The number of piperazine rings is 1. The number of ether oxygens (including phenoxy) is 2. The molecule has 7 nitrogen and oxygen atoms in total. The van der Waals surface area contributed by atoms with Crippen molar-refractivity contribution < 1.29 is 9.47 Å². The number of benzene rings is 1. The van der Waals surface area contributed by atoms with Crippen molar-refractivity contribution in [2.75, 3.05) is 45.3 Å². The number of aromatic nitrogens is 2. The van der Waals surface area contributed by atoms with Crippen LogP contribution in [0.2, 0.25) is 0 Å². The number of aryl methyl sites for hydroxylation is 1. The first-order valence-electron chi connectivity index (χ1n) is 8.31. The van der Waals surface area contributed by atoms with E-state index in [9.17, 15) is 4.79 Å². The van der Waals surface area contributed by atoms with Crippen LogP contribution >= 0.6 is 0 Å². The van der Waals surface area contributed by atoms with Gasteiger partial charge in [-0.2, -0.15) is 0 Å². The smallest absolute Gasteiger partial charge is 0.255 e. The van der Waals surface area contributed by atoms with Gasteiger partial charge in [0.1, 0.15) is 17.3 Å². The molecule has 0 spiro atoms. The minimum atomic E-state index is -0.0338. The van der Waals surface area contributed by atoms with E-state index in [1.807, 2.05) is 18.2 Å². The van der Waals surface area contributed by atoms with E-state index < -0.39 is 0 Å². The summed E-state index contributed by atoms with van der Waals surface area (Å²) in [5.41, 5.74) is 1.08. The second-order valence-corrected chi connectivity index (χ2v) is 6.14. The fraction of sp³-hybridized carbons (Fsp3) is 0.444. The molecule has 1 aromatic carbocycles. The summed E-state index contributed by atoms with van der Waals surface area (Å²) < 4.78 is 12.3. The van der Waals surface area contributed by atoms with E-state index in [4.69, 9.17) is 9.47 Å². The maximum Gasteiger partial charge on any atom is 0.255 e. The number of methoxy groups -OCH3 is 2. The fourth-order valence-corrected chi connectivity index (χ4v) is 3.01. The second-order valence-electron chi connectivity index (χ2n) is 6.14. The van der Waals surface area contributed by atoms with Crippen LogP contribution in [-0.2, 0) is 13.6 Å². The Labute approximate surface area is 147 Å². The predicted molar refractivity (Wildman–Crippen MR) is 96.5 cm³/mol. The third-order valence-electron chi connectivity index (χ3n) is 4.54. The van der Waals surface area contributed by atoms with E-state index in [-0.39, 0.29) is 5.56 Å². The molecule has 1 saturated heterocycles. The minimum Gasteiger partial charge on any atom is -0.497 e. The summed E-state index contributed by atoms with van der Waals surface area (Å²) >= 11 is 0. The Morgan fingerprint density at radius 3 is 2.48 bits per heavy atom. The molecule has 25 heavy (non-hydrogen) atoms. The SMILES string of the molecule is COc1ccc(OC)c(CN2CCN(c3cc(=O)n(C)cn3)CC2)c1. The Bertz CT molecular complexity index is 782. The Kier molecular flexibility index (Phi) is 5.23. The largest absolute Gasteiger partial charge is 0.497 e. The molecule has 1 aliphatic heterocycles. The van der Waals surface area contributed by atoms with Crippen LogP contribution in [-0.4, -0.2) is 54.8 Å². The summed E-state index contributed by atoms with van der Waals surface area (Å²) in [4.78, 5) is 20.7. The first-order valence-corrected chi connectivity index (χ1v) is 8.31. The molecule has 2 heterocycles. The summed E-state index contributed by atoms with van der Waals surface area (Å²) in [6.45, 7) is 4.28. The number of hydrogen-bond donors (Lipinski definition) is 0. The summed E-state index contributed by atoms with van der Waals surface area (Å²) in [5, 5.41) is 0. The molecule has 0 N–H and O–H groups in total. The topological polar surface area (TPSA) is 59.8 Å². The van der Waals surface area contributed by atoms with Crippen LogP contribution in [0.25, 0.3) is 0 Å². The standard InChI is InChI=1S/C18H24N4O3/c1-20-13-19-17(11-18(20)23)22-8-6-21(7-9-22)12-14-10-15(24-2)4-5-16(14)25-3/h4-5,10-11,13H,6-9,12H2,1-3H3. The van der Waals surface area contributed by atoms with Gasteiger partial charge in [-0.05, 0) is 18.2 Å². The Morgan fingerprint density at radius 2 is 1.84 bits per heavy atom. The minimum absolute atomic E-state index is 0.0338. The van der Waals surface area contributed by atoms with Gasteiger partial charge >= 0.3 is 0 Å². The van der Waals surface area contributed by atoms with Crippen molar-refractivity contribution in [3.63, 3.8) is 0 Å². The van der Waals surface area contributed by atoms with Crippen molar-refractivity contribution in [2.45, 2.75) is 6.54 Å². The van der Waals surface area contributed by atoms with E-state index in [1.54, 1.807) is 33.7 Å². The van der Waals surface area contributed by atoms with Crippen molar-refractivity contribution in [3.8, 4) is 11.5 Å². The molecule has 0 radical (unpaired) electrons. The number of anilines is 1. The van der Waals surface area contributed by atoms with Gasteiger partial charge in [-0.3, -0.25) is 9.69 Å². The van der Waals surface area contributed by atoms with Gasteiger partial charge in [-0.1, -0.05) is 0 Å². The van der Waals surface area contributed by atoms with Gasteiger partial charge < -0.3 is 18.9 Å². The van der Waals surface area contributed by atoms with Crippen LogP contribution < -0.4 is 19.9 Å². The third kappa shape index (κ3) is 3.93. The Hall–Kier alpha value is -2.54. The van der Waals surface area contributed by atoms with Crippen molar-refractivity contribution in [3.05, 3.63) is 46.5 Å². The fourth-order valence-electron chi connectivity index (χ4n) is 3.01. The normalized spacial score (nSPS) is 15.2. The lowest BCUT2D eigenvalue weighted by Crippen LogP contribution is -2.46. The van der Waals surface area contributed by atoms with Gasteiger partial charge in [0, 0.05) is 51.4 Å². The average Bonchev–Trinajstić information content (AvgIpc) is 2.64. The van der Waals surface area contributed by atoms with E-state index in [0.29, 0.717) is 0 Å². The molecule has 1 aliphatic rings. The molecule has 1 fully saturated rings. The first-order chi connectivity index (χ1) is 12.1. The lowest BCUT2D eigenvalue weighted by atomic mass is 10.1. The molecule has 0 unspecified atom stereocenters. The summed E-state index contributed by atoms with van der Waals surface area (Å²) in [6.07, 6.45) is 1.57. The van der Waals surface area contributed by atoms with E-state index in [1.165, 1.54) is 4.57 Å². The molecule has 0 amide bonds. The van der Waals surface area contributed by atoms with Crippen LogP contribution in [0.4, 0.5) is 5.82 Å². The van der Waals surface area contributed by atoms with E-state index >= 15 is 0 Å². The van der Waals surface area contributed by atoms with Gasteiger partial charge in [0.2, 0.25) is 0 Å². The molecule has 2 aromatic rings. The lowest BCUT2D eigenvalue weighted by Gasteiger charge is -2.35. The van der Waals surface area contributed by atoms with Gasteiger partial charge in [0.25, 0.3) is 5.56 Å². The third-order valence-corrected chi connectivity index (χ3v) is 4.54. The second kappa shape index (κ2) is 7.57. The highest BCUT2D eigenvalue weighted by Crippen LogP contribution is 2.25. The molecular weight excluding hydrogens is 320 g/mol. The zero-order valence-corrected chi connectivity index (χ0v) is 14.9. The maximum absolute atomic E-state index is 11.8. The number of rotatable bonds is 5. The molecule has 7 heteroatoms. The predicted octanol–water partition coefficient (Wildman–Crippen LogP) is 1.12. The van der Waals surface area contributed by atoms with E-state index in [0.717, 1.165) is 55.6 Å². The quantitative estimate of drug-likeness (QED) is 0.810. The van der Waals surface area contributed by atoms with Crippen LogP contribution in [0.5, 0.6) is 11.5 Å². The lowest BCUT2D eigenvalue weighted by molar-refractivity contribution is 0.245. The number of nitrogens with zero attached hydrogens (tertiary/aromatic N) is 4. The van der Waals surface area contributed by atoms with E-state index in [2.05, 4.69) is 14.8 Å². The zero-order valence-electron chi connectivity index (χ0n) is 14.9. The first kappa shape index (κ1) is 17.3. The molecule has 134 valence electrons. The monoisotopic (exact) mass is 344 g/mol. The molecule has 0 aliphatic carbocycles. The van der Waals surface area contributed by atoms with Crippen LogP contribution in [0, 0.1) is 0 Å².